The molecule has 13 rings (SSSR count). The van der Waals surface area contributed by atoms with E-state index in [-0.39, 0.29) is 0 Å². The van der Waals surface area contributed by atoms with Crippen LogP contribution in [0.1, 0.15) is 0 Å². The molecular weight excluding hydrogens is 997 g/mol. The van der Waals surface area contributed by atoms with Crippen LogP contribution in [0.2, 0.25) is 0 Å². The van der Waals surface area contributed by atoms with Crippen LogP contribution < -0.4 is 16.0 Å². The summed E-state index contributed by atoms with van der Waals surface area (Å²) in [5, 5.41) is 10.4. The Morgan fingerprint density at radius 1 is 0.222 bits per heavy atom. The van der Waals surface area contributed by atoms with Gasteiger partial charge in [-0.15, -0.1) is 0 Å². The van der Waals surface area contributed by atoms with E-state index in [1.54, 1.807) is 0 Å². The van der Waals surface area contributed by atoms with E-state index in [0.717, 1.165) is 119 Å². The molecule has 0 aliphatic heterocycles. The van der Waals surface area contributed by atoms with Crippen molar-refractivity contribution in [3.8, 4) is 102 Å². The summed E-state index contributed by atoms with van der Waals surface area (Å²) < 4.78 is 6.50. The Balaban J connectivity index is 0.817. The van der Waals surface area contributed by atoms with Gasteiger partial charge in [0.1, 0.15) is 17.5 Å². The van der Waals surface area contributed by atoms with E-state index in [4.69, 9.17) is 29.9 Å². The zero-order valence-electron chi connectivity index (χ0n) is 44.8. The molecule has 4 heterocycles. The van der Waals surface area contributed by atoms with Gasteiger partial charge in [0.15, 0.2) is 0 Å². The van der Waals surface area contributed by atoms with E-state index >= 15 is 0 Å². The Labute approximate surface area is 469 Å². The van der Waals surface area contributed by atoms with Crippen LogP contribution in [0, 0.1) is 0 Å². The molecule has 12 heteroatoms. The smallest absolute Gasteiger partial charge is 0.233 e. The molecule has 0 fully saturated rings. The quantitative estimate of drug-likeness (QED) is 0.0919. The van der Waals surface area contributed by atoms with Crippen molar-refractivity contribution >= 4 is 34.9 Å². The SMILES string of the molecule is Cn1c(-c2ccc(Nc3nc(Nc4ccc(-c5nc(-c6ccccc6)c(-c6ccccc6)n5C)cc4)nc(Nc4ccc(-c5nc(-c6ccccc6)c(-c6ccccc6)n5C)cc4)n3)cc2)nc(-c2ccccc2)c1-c1ccccc1. The standard InChI is InChI=1S/C69H54N12/c1-79-61(49-28-16-7-17-29-49)58(46-22-10-4-11-23-46)73-64(79)52-34-40-55(41-35-52)70-67-76-68(71-56-42-36-53(37-43-56)65-74-59(47-24-12-5-13-25-47)62(80(65)2)50-30-18-8-19-31-50)78-69(77-67)72-57-44-38-54(39-45-57)66-75-60(48-26-14-6-15-27-48)63(81(66)3)51-32-20-9-21-33-51/h4-45H,1-3H3,(H3,70,71,72,76,77,78). The molecular formula is C69H54N12. The highest BCUT2D eigenvalue weighted by atomic mass is 15.3. The van der Waals surface area contributed by atoms with Crippen LogP contribution in [0.3, 0.4) is 0 Å². The molecule has 0 aliphatic rings. The Bertz CT molecular complexity index is 3820. The van der Waals surface area contributed by atoms with Crippen LogP contribution >= 0.6 is 0 Å². The Morgan fingerprint density at radius 3 is 0.654 bits per heavy atom. The molecule has 0 bridgehead atoms. The molecule has 0 unspecified atom stereocenters. The van der Waals surface area contributed by atoms with Gasteiger partial charge in [0.25, 0.3) is 0 Å². The number of nitrogens with one attached hydrogen (secondary N) is 3. The first-order valence-corrected chi connectivity index (χ1v) is 26.8. The lowest BCUT2D eigenvalue weighted by Gasteiger charge is -2.13. The molecule has 13 aromatic rings. The fourth-order valence-corrected chi connectivity index (χ4v) is 10.5. The number of hydrogen-bond acceptors (Lipinski definition) is 9. The van der Waals surface area contributed by atoms with Crippen molar-refractivity contribution in [2.75, 3.05) is 16.0 Å². The third kappa shape index (κ3) is 10.1. The molecule has 4 aromatic heterocycles. The molecule has 81 heavy (non-hydrogen) atoms. The first-order valence-electron chi connectivity index (χ1n) is 26.8. The minimum atomic E-state index is 0.343. The van der Waals surface area contributed by atoms with Crippen molar-refractivity contribution in [3.05, 3.63) is 255 Å². The fourth-order valence-electron chi connectivity index (χ4n) is 10.5. The predicted octanol–water partition coefficient (Wildman–Crippen LogP) is 16.3. The van der Waals surface area contributed by atoms with Gasteiger partial charge in [0.2, 0.25) is 17.8 Å². The minimum Gasteiger partial charge on any atom is -0.327 e. The second kappa shape index (κ2) is 21.8. The molecule has 0 saturated heterocycles. The minimum absolute atomic E-state index is 0.343. The number of aromatic nitrogens is 9. The van der Waals surface area contributed by atoms with Gasteiger partial charge >= 0.3 is 0 Å². The lowest BCUT2D eigenvalue weighted by Crippen LogP contribution is -2.07. The maximum Gasteiger partial charge on any atom is 0.233 e. The number of anilines is 6. The largest absolute Gasteiger partial charge is 0.327 e. The zero-order valence-corrected chi connectivity index (χ0v) is 44.8. The molecule has 0 saturated carbocycles. The summed E-state index contributed by atoms with van der Waals surface area (Å²) in [7, 11) is 6.22. The van der Waals surface area contributed by atoms with Gasteiger partial charge in [-0.2, -0.15) is 15.0 Å². The van der Waals surface area contributed by atoms with Crippen molar-refractivity contribution in [3.63, 3.8) is 0 Å². The number of rotatable bonds is 15. The summed E-state index contributed by atoms with van der Waals surface area (Å²) in [5.74, 6) is 3.58. The van der Waals surface area contributed by atoms with Crippen LogP contribution in [0.15, 0.2) is 255 Å². The molecule has 9 aromatic carbocycles. The molecule has 390 valence electrons. The van der Waals surface area contributed by atoms with Crippen LogP contribution in [0.5, 0.6) is 0 Å². The molecule has 12 nitrogen and oxygen atoms in total. The van der Waals surface area contributed by atoms with E-state index in [2.05, 4.69) is 196 Å². The highest BCUT2D eigenvalue weighted by Crippen LogP contribution is 2.39. The highest BCUT2D eigenvalue weighted by molar-refractivity contribution is 5.85. The normalized spacial score (nSPS) is 11.1. The second-order valence-corrected chi connectivity index (χ2v) is 19.7. The van der Waals surface area contributed by atoms with Crippen molar-refractivity contribution in [2.45, 2.75) is 0 Å². The van der Waals surface area contributed by atoms with Gasteiger partial charge in [-0.05, 0) is 72.8 Å². The van der Waals surface area contributed by atoms with Gasteiger partial charge in [-0.1, -0.05) is 182 Å². The fraction of sp³-hybridized carbons (Fsp3) is 0.0435. The molecule has 0 amide bonds. The van der Waals surface area contributed by atoms with Crippen LogP contribution in [-0.2, 0) is 21.1 Å². The Hall–Kier alpha value is -11.0. The first kappa shape index (κ1) is 49.6. The van der Waals surface area contributed by atoms with Gasteiger partial charge in [0.05, 0.1) is 34.2 Å². The monoisotopic (exact) mass is 1050 g/mol. The molecule has 0 spiro atoms. The maximum atomic E-state index is 5.24. The van der Waals surface area contributed by atoms with E-state index in [1.165, 1.54) is 0 Å². The molecule has 0 aliphatic carbocycles. The van der Waals surface area contributed by atoms with E-state index < -0.39 is 0 Å². The number of hydrogen-bond donors (Lipinski definition) is 3. The second-order valence-electron chi connectivity index (χ2n) is 19.7. The predicted molar refractivity (Wildman–Crippen MR) is 328 cm³/mol. The summed E-state index contributed by atoms with van der Waals surface area (Å²) in [5.41, 5.74) is 17.6. The topological polar surface area (TPSA) is 128 Å². The Kier molecular flexibility index (Phi) is 13.3. The summed E-state index contributed by atoms with van der Waals surface area (Å²) in [6.45, 7) is 0. The number of benzene rings is 9. The van der Waals surface area contributed by atoms with Gasteiger partial charge < -0.3 is 29.7 Å². The molecule has 0 radical (unpaired) electrons. The third-order valence-electron chi connectivity index (χ3n) is 14.4. The highest BCUT2D eigenvalue weighted by Gasteiger charge is 2.23. The van der Waals surface area contributed by atoms with E-state index in [0.29, 0.717) is 17.8 Å². The first-order chi connectivity index (χ1) is 39.9. The van der Waals surface area contributed by atoms with Gasteiger partial charge in [-0.25, -0.2) is 15.0 Å². The maximum absolute atomic E-state index is 5.24. The third-order valence-corrected chi connectivity index (χ3v) is 14.4. The average molecular weight is 1050 g/mol. The summed E-state index contributed by atoms with van der Waals surface area (Å²) >= 11 is 0. The lowest BCUT2D eigenvalue weighted by atomic mass is 10.1. The summed E-state index contributed by atoms with van der Waals surface area (Å²) in [6.07, 6.45) is 0. The van der Waals surface area contributed by atoms with Crippen LogP contribution in [0.4, 0.5) is 34.9 Å². The van der Waals surface area contributed by atoms with Crippen molar-refractivity contribution in [1.82, 2.24) is 43.6 Å². The number of imidazole rings is 3. The molecule has 3 N–H and O–H groups in total. The van der Waals surface area contributed by atoms with Crippen LogP contribution in [-0.4, -0.2) is 43.6 Å². The van der Waals surface area contributed by atoms with Crippen molar-refractivity contribution in [1.29, 1.82) is 0 Å². The van der Waals surface area contributed by atoms with Crippen molar-refractivity contribution in [2.24, 2.45) is 21.1 Å². The van der Waals surface area contributed by atoms with E-state index in [9.17, 15) is 0 Å². The van der Waals surface area contributed by atoms with Crippen molar-refractivity contribution < 1.29 is 0 Å². The summed E-state index contributed by atoms with van der Waals surface area (Å²) in [4.78, 5) is 30.5. The lowest BCUT2D eigenvalue weighted by molar-refractivity contribution is 0.933. The summed E-state index contributed by atoms with van der Waals surface area (Å²) in [6, 6.07) is 86.7. The molecule has 0 atom stereocenters. The number of nitrogens with zero attached hydrogens (tertiary/aromatic N) is 9. The zero-order chi connectivity index (χ0) is 54.7. The van der Waals surface area contributed by atoms with Crippen LogP contribution in [0.25, 0.3) is 102 Å². The van der Waals surface area contributed by atoms with Gasteiger partial charge in [0, 0.05) is 88.3 Å². The van der Waals surface area contributed by atoms with Gasteiger partial charge in [-0.3, -0.25) is 0 Å². The Morgan fingerprint density at radius 2 is 0.432 bits per heavy atom. The average Bonchev–Trinajstić information content (AvgIpc) is 4.38. The van der Waals surface area contributed by atoms with E-state index in [1.807, 2.05) is 109 Å².